The molecule has 1 unspecified atom stereocenters. The van der Waals surface area contributed by atoms with Crippen molar-refractivity contribution in [2.24, 2.45) is 5.92 Å². The van der Waals surface area contributed by atoms with E-state index in [9.17, 15) is 0 Å². The zero-order chi connectivity index (χ0) is 11.0. The zero-order valence-corrected chi connectivity index (χ0v) is 10.9. The Balaban J connectivity index is 3.94. The molecule has 0 saturated heterocycles. The third-order valence-electron chi connectivity index (χ3n) is 2.79. The van der Waals surface area contributed by atoms with E-state index in [1.807, 2.05) is 17.2 Å². The first-order chi connectivity index (χ1) is 6.61. The second-order valence-corrected chi connectivity index (χ2v) is 5.14. The molecular weight excluding hydrogens is 188 g/mol. The zero-order valence-electron chi connectivity index (χ0n) is 10.1. The van der Waals surface area contributed by atoms with Gasteiger partial charge in [-0.3, -0.25) is 0 Å². The molecular formula is C13H24S. The van der Waals surface area contributed by atoms with Crippen LogP contribution in [-0.2, 0) is 0 Å². The monoisotopic (exact) mass is 212 g/mol. The summed E-state index contributed by atoms with van der Waals surface area (Å²) in [7, 11) is 0. The van der Waals surface area contributed by atoms with Crippen LogP contribution in [0.4, 0.5) is 0 Å². The van der Waals surface area contributed by atoms with Crippen molar-refractivity contribution in [3.63, 3.8) is 0 Å². The lowest BCUT2D eigenvalue weighted by Crippen LogP contribution is -1.95. The number of hydrogen-bond donors (Lipinski definition) is 0. The first-order valence-electron chi connectivity index (χ1n) is 5.49. The molecule has 82 valence electrons. The van der Waals surface area contributed by atoms with Gasteiger partial charge in [-0.25, -0.2) is 0 Å². The summed E-state index contributed by atoms with van der Waals surface area (Å²) in [6.45, 7) is 12.8. The first kappa shape index (κ1) is 13.8. The summed E-state index contributed by atoms with van der Waals surface area (Å²) in [4.78, 5) is 0. The van der Waals surface area contributed by atoms with Gasteiger partial charge in [0.05, 0.1) is 0 Å². The van der Waals surface area contributed by atoms with Crippen molar-refractivity contribution >= 4 is 11.8 Å². The van der Waals surface area contributed by atoms with E-state index in [2.05, 4.69) is 34.3 Å². The van der Waals surface area contributed by atoms with Crippen LogP contribution in [0.25, 0.3) is 0 Å². The molecule has 0 aliphatic heterocycles. The quantitative estimate of drug-likeness (QED) is 0.421. The maximum absolute atomic E-state index is 3.71. The van der Waals surface area contributed by atoms with Crippen molar-refractivity contribution in [1.29, 1.82) is 0 Å². The van der Waals surface area contributed by atoms with E-state index in [-0.39, 0.29) is 0 Å². The van der Waals surface area contributed by atoms with Crippen LogP contribution in [0.3, 0.4) is 0 Å². The molecule has 0 spiro atoms. The molecule has 0 rings (SSSR count). The number of rotatable bonds is 7. The molecule has 0 aliphatic rings. The summed E-state index contributed by atoms with van der Waals surface area (Å²) in [6, 6.07) is 0. The van der Waals surface area contributed by atoms with Crippen LogP contribution in [0.2, 0.25) is 0 Å². The SMILES string of the molecule is C=CSCCC(C)=C(C)CC(C)CC. The van der Waals surface area contributed by atoms with Crippen LogP contribution < -0.4 is 0 Å². The van der Waals surface area contributed by atoms with Gasteiger partial charge in [0.15, 0.2) is 0 Å². The van der Waals surface area contributed by atoms with Crippen LogP contribution in [0, 0.1) is 5.92 Å². The number of thioether (sulfide) groups is 1. The van der Waals surface area contributed by atoms with Crippen molar-refractivity contribution in [2.45, 2.75) is 47.0 Å². The highest BCUT2D eigenvalue weighted by molar-refractivity contribution is 8.02. The van der Waals surface area contributed by atoms with Crippen LogP contribution in [0.1, 0.15) is 47.0 Å². The van der Waals surface area contributed by atoms with Gasteiger partial charge >= 0.3 is 0 Å². The lowest BCUT2D eigenvalue weighted by Gasteiger charge is -2.11. The minimum atomic E-state index is 0.831. The van der Waals surface area contributed by atoms with E-state index in [1.165, 1.54) is 25.0 Å². The van der Waals surface area contributed by atoms with E-state index in [4.69, 9.17) is 0 Å². The molecule has 0 aliphatic carbocycles. The third kappa shape index (κ3) is 6.31. The van der Waals surface area contributed by atoms with Gasteiger partial charge in [-0.2, -0.15) is 0 Å². The van der Waals surface area contributed by atoms with Gasteiger partial charge in [0.25, 0.3) is 0 Å². The summed E-state index contributed by atoms with van der Waals surface area (Å²) < 4.78 is 0. The molecule has 14 heavy (non-hydrogen) atoms. The molecule has 0 aromatic carbocycles. The molecule has 0 bridgehead atoms. The summed E-state index contributed by atoms with van der Waals surface area (Å²) in [5.41, 5.74) is 3.16. The third-order valence-corrected chi connectivity index (χ3v) is 3.47. The van der Waals surface area contributed by atoms with Crippen molar-refractivity contribution in [3.8, 4) is 0 Å². The van der Waals surface area contributed by atoms with Gasteiger partial charge in [0, 0.05) is 5.75 Å². The molecule has 0 aromatic rings. The fraction of sp³-hybridized carbons (Fsp3) is 0.692. The van der Waals surface area contributed by atoms with Gasteiger partial charge in [0.1, 0.15) is 0 Å². The summed E-state index contributed by atoms with van der Waals surface area (Å²) in [5, 5.41) is 1.93. The highest BCUT2D eigenvalue weighted by atomic mass is 32.2. The van der Waals surface area contributed by atoms with E-state index >= 15 is 0 Å². The van der Waals surface area contributed by atoms with Gasteiger partial charge < -0.3 is 0 Å². The molecule has 0 saturated carbocycles. The maximum atomic E-state index is 3.71. The Kier molecular flexibility index (Phi) is 8.07. The normalized spacial score (nSPS) is 14.9. The minimum Gasteiger partial charge on any atom is -0.134 e. The van der Waals surface area contributed by atoms with Gasteiger partial charge in [-0.05, 0) is 38.0 Å². The maximum Gasteiger partial charge on any atom is 0.00111 e. The van der Waals surface area contributed by atoms with Gasteiger partial charge in [-0.15, -0.1) is 11.8 Å². The Morgan fingerprint density at radius 2 is 2.00 bits per heavy atom. The van der Waals surface area contributed by atoms with E-state index in [0.29, 0.717) is 0 Å². The highest BCUT2D eigenvalue weighted by Gasteiger charge is 2.02. The fourth-order valence-electron chi connectivity index (χ4n) is 1.35. The highest BCUT2D eigenvalue weighted by Crippen LogP contribution is 2.20. The molecule has 0 aromatic heterocycles. The predicted octanol–water partition coefficient (Wildman–Crippen LogP) is 5.03. The van der Waals surface area contributed by atoms with Crippen molar-refractivity contribution < 1.29 is 0 Å². The minimum absolute atomic E-state index is 0.831. The second-order valence-electron chi connectivity index (χ2n) is 4.07. The largest absolute Gasteiger partial charge is 0.134 e. The topological polar surface area (TPSA) is 0 Å². The summed E-state index contributed by atoms with van der Waals surface area (Å²) >= 11 is 1.81. The Labute approximate surface area is 93.9 Å². The van der Waals surface area contributed by atoms with E-state index in [1.54, 1.807) is 11.1 Å². The van der Waals surface area contributed by atoms with E-state index in [0.717, 1.165) is 5.92 Å². The molecule has 1 heteroatoms. The lowest BCUT2D eigenvalue weighted by atomic mass is 9.96. The van der Waals surface area contributed by atoms with Crippen LogP contribution in [-0.4, -0.2) is 5.75 Å². The molecule has 0 radical (unpaired) electrons. The Morgan fingerprint density at radius 3 is 2.50 bits per heavy atom. The number of hydrogen-bond acceptors (Lipinski definition) is 1. The van der Waals surface area contributed by atoms with E-state index < -0.39 is 0 Å². The molecule has 0 N–H and O–H groups in total. The second kappa shape index (κ2) is 8.16. The Hall–Kier alpha value is -0.170. The molecule has 0 nitrogen and oxygen atoms in total. The molecule has 0 heterocycles. The van der Waals surface area contributed by atoms with Crippen molar-refractivity contribution in [3.05, 3.63) is 23.1 Å². The lowest BCUT2D eigenvalue weighted by molar-refractivity contribution is 0.554. The molecule has 1 atom stereocenters. The van der Waals surface area contributed by atoms with Crippen LogP contribution in [0.5, 0.6) is 0 Å². The Morgan fingerprint density at radius 1 is 1.36 bits per heavy atom. The first-order valence-corrected chi connectivity index (χ1v) is 6.54. The van der Waals surface area contributed by atoms with Crippen molar-refractivity contribution in [2.75, 3.05) is 5.75 Å². The van der Waals surface area contributed by atoms with Crippen LogP contribution >= 0.6 is 11.8 Å². The summed E-state index contributed by atoms with van der Waals surface area (Å²) in [6.07, 6.45) is 3.76. The Bertz CT molecular complexity index is 191. The predicted molar refractivity (Wildman–Crippen MR) is 69.7 cm³/mol. The smallest absolute Gasteiger partial charge is 0.00111 e. The average Bonchev–Trinajstić information content (AvgIpc) is 2.17. The van der Waals surface area contributed by atoms with Gasteiger partial charge in [0.2, 0.25) is 0 Å². The van der Waals surface area contributed by atoms with Crippen LogP contribution in [0.15, 0.2) is 23.1 Å². The van der Waals surface area contributed by atoms with Gasteiger partial charge in [-0.1, -0.05) is 38.0 Å². The molecule has 0 amide bonds. The fourth-order valence-corrected chi connectivity index (χ4v) is 1.94. The standard InChI is InChI=1S/C13H24S/c1-6-11(3)10-13(5)12(4)8-9-14-7-2/h7,11H,2,6,8-10H2,1,3-5H3. The average molecular weight is 212 g/mol. The summed E-state index contributed by atoms with van der Waals surface area (Å²) in [5.74, 6) is 2.00. The number of allylic oxidation sites excluding steroid dienone is 2. The molecule has 0 fully saturated rings. The van der Waals surface area contributed by atoms with Crippen molar-refractivity contribution in [1.82, 2.24) is 0 Å².